The number of hydrogen-bond donors (Lipinski definition) is 1. The van der Waals surface area contributed by atoms with Crippen molar-refractivity contribution in [3.05, 3.63) is 35.4 Å². The molecule has 1 N–H and O–H groups in total. The molecule has 1 aromatic rings. The zero-order chi connectivity index (χ0) is 17.3. The molecule has 23 heavy (non-hydrogen) atoms. The van der Waals surface area contributed by atoms with Gasteiger partial charge >= 0.3 is 6.09 Å². The van der Waals surface area contributed by atoms with Crippen LogP contribution in [-0.2, 0) is 11.3 Å². The molecule has 1 rings (SSSR count). The number of carbonyl (C=O) groups is 1. The molecule has 0 aliphatic heterocycles. The molecule has 1 aromatic carbocycles. The summed E-state index contributed by atoms with van der Waals surface area (Å²) in [5.74, 6) is 0.643. The molecule has 0 saturated carbocycles. The van der Waals surface area contributed by atoms with Crippen LogP contribution in [0.5, 0.6) is 0 Å². The number of ether oxygens (including phenoxy) is 1. The van der Waals surface area contributed by atoms with Crippen molar-refractivity contribution in [2.75, 3.05) is 25.5 Å². The highest BCUT2D eigenvalue weighted by atomic mass is 35.5. The Balaban J connectivity index is 2.48. The summed E-state index contributed by atoms with van der Waals surface area (Å²) in [5, 5.41) is 2.81. The molecule has 0 spiro atoms. The van der Waals surface area contributed by atoms with Crippen LogP contribution < -0.4 is 5.32 Å². The molecule has 0 aromatic heterocycles. The first-order valence-corrected chi connectivity index (χ1v) is 8.65. The van der Waals surface area contributed by atoms with Crippen molar-refractivity contribution in [2.24, 2.45) is 0 Å². The van der Waals surface area contributed by atoms with Gasteiger partial charge in [-0.1, -0.05) is 24.3 Å². The summed E-state index contributed by atoms with van der Waals surface area (Å²) in [6.07, 6.45) is 0.561. The Morgan fingerprint density at radius 3 is 2.57 bits per heavy atom. The fraction of sp³-hybridized carbons (Fsp3) is 0.611. The molecular weight excluding hydrogens is 312 g/mol. The van der Waals surface area contributed by atoms with Crippen molar-refractivity contribution in [3.63, 3.8) is 0 Å². The average molecular weight is 341 g/mol. The van der Waals surface area contributed by atoms with E-state index in [0.29, 0.717) is 12.4 Å². The predicted molar refractivity (Wildman–Crippen MR) is 96.0 cm³/mol. The van der Waals surface area contributed by atoms with Crippen molar-refractivity contribution in [2.45, 2.75) is 46.3 Å². The fourth-order valence-corrected chi connectivity index (χ4v) is 2.33. The summed E-state index contributed by atoms with van der Waals surface area (Å²) in [6, 6.07) is 8.37. The number of alkyl carbamates (subject to hydrolysis) is 1. The standard InChI is InChI=1S/C18H29ClN2O2/c1-15-8-5-6-9-16(15)14-21(12-7-10-19)13-11-20-17(22)23-18(2,3)4/h5-6,8-9H,7,10-14H2,1-4H3,(H,20,22). The van der Waals surface area contributed by atoms with Crippen LogP contribution in [-0.4, -0.2) is 42.1 Å². The van der Waals surface area contributed by atoms with Gasteiger partial charge in [-0.2, -0.15) is 0 Å². The van der Waals surface area contributed by atoms with Crippen molar-refractivity contribution in [3.8, 4) is 0 Å². The van der Waals surface area contributed by atoms with Crippen molar-refractivity contribution >= 4 is 17.7 Å². The van der Waals surface area contributed by atoms with E-state index in [1.807, 2.05) is 26.8 Å². The fourth-order valence-electron chi connectivity index (χ4n) is 2.21. The molecule has 0 unspecified atom stereocenters. The van der Waals surface area contributed by atoms with Gasteiger partial charge in [-0.05, 0) is 51.8 Å². The normalized spacial score (nSPS) is 11.6. The number of nitrogens with zero attached hydrogens (tertiary/aromatic N) is 1. The van der Waals surface area contributed by atoms with Crippen LogP contribution in [0.3, 0.4) is 0 Å². The van der Waals surface area contributed by atoms with Gasteiger partial charge in [0.2, 0.25) is 0 Å². The summed E-state index contributed by atoms with van der Waals surface area (Å²) in [4.78, 5) is 14.0. The van der Waals surface area contributed by atoms with E-state index < -0.39 is 5.60 Å². The lowest BCUT2D eigenvalue weighted by Gasteiger charge is -2.24. The number of halogens is 1. The second kappa shape index (κ2) is 9.78. The van der Waals surface area contributed by atoms with Crippen LogP contribution in [0.15, 0.2) is 24.3 Å². The molecule has 5 heteroatoms. The number of benzene rings is 1. The van der Waals surface area contributed by atoms with Gasteiger partial charge in [0.15, 0.2) is 0 Å². The summed E-state index contributed by atoms with van der Waals surface area (Å²) in [5.41, 5.74) is 2.12. The Morgan fingerprint density at radius 1 is 1.26 bits per heavy atom. The van der Waals surface area contributed by atoms with Crippen molar-refractivity contribution in [1.82, 2.24) is 10.2 Å². The first-order chi connectivity index (χ1) is 10.8. The van der Waals surface area contributed by atoms with Crippen LogP contribution >= 0.6 is 11.6 Å². The molecule has 0 aliphatic rings. The lowest BCUT2D eigenvalue weighted by molar-refractivity contribution is 0.0521. The Hall–Kier alpha value is -1.26. The second-order valence-electron chi connectivity index (χ2n) is 6.67. The smallest absolute Gasteiger partial charge is 0.407 e. The summed E-state index contributed by atoms with van der Waals surface area (Å²) < 4.78 is 5.25. The molecule has 1 amide bonds. The number of hydrogen-bond acceptors (Lipinski definition) is 3. The van der Waals surface area contributed by atoms with Crippen LogP contribution in [0.25, 0.3) is 0 Å². The molecule has 0 fully saturated rings. The van der Waals surface area contributed by atoms with E-state index in [9.17, 15) is 4.79 Å². The minimum Gasteiger partial charge on any atom is -0.444 e. The highest BCUT2D eigenvalue weighted by Gasteiger charge is 2.16. The molecule has 0 heterocycles. The SMILES string of the molecule is Cc1ccccc1CN(CCCCl)CCNC(=O)OC(C)(C)C. The Kier molecular flexibility index (Phi) is 8.42. The quantitative estimate of drug-likeness (QED) is 0.728. The molecule has 0 saturated heterocycles. The lowest BCUT2D eigenvalue weighted by atomic mass is 10.1. The molecule has 130 valence electrons. The minimum absolute atomic E-state index is 0.370. The maximum Gasteiger partial charge on any atom is 0.407 e. The van der Waals surface area contributed by atoms with E-state index in [2.05, 4.69) is 35.3 Å². The van der Waals surface area contributed by atoms with E-state index in [1.54, 1.807) is 0 Å². The van der Waals surface area contributed by atoms with Crippen molar-refractivity contribution < 1.29 is 9.53 Å². The lowest BCUT2D eigenvalue weighted by Crippen LogP contribution is -2.38. The Bertz CT molecular complexity index is 486. The van der Waals surface area contributed by atoms with E-state index >= 15 is 0 Å². The van der Waals surface area contributed by atoms with Gasteiger partial charge in [-0.15, -0.1) is 11.6 Å². The van der Waals surface area contributed by atoms with Crippen LogP contribution in [0.4, 0.5) is 4.79 Å². The first kappa shape index (κ1) is 19.8. The Morgan fingerprint density at radius 2 is 1.96 bits per heavy atom. The summed E-state index contributed by atoms with van der Waals surface area (Å²) in [7, 11) is 0. The van der Waals surface area contributed by atoms with Crippen LogP contribution in [0, 0.1) is 6.92 Å². The van der Waals surface area contributed by atoms with Gasteiger partial charge in [0.1, 0.15) is 5.60 Å². The molecule has 0 aliphatic carbocycles. The van der Waals surface area contributed by atoms with E-state index in [-0.39, 0.29) is 6.09 Å². The largest absolute Gasteiger partial charge is 0.444 e. The maximum atomic E-state index is 11.7. The predicted octanol–water partition coefficient (Wildman–Crippen LogP) is 3.95. The zero-order valence-corrected chi connectivity index (χ0v) is 15.4. The topological polar surface area (TPSA) is 41.6 Å². The van der Waals surface area contributed by atoms with Gasteiger partial charge in [0, 0.05) is 25.5 Å². The van der Waals surface area contributed by atoms with Crippen LogP contribution in [0.2, 0.25) is 0 Å². The third-order valence-electron chi connectivity index (χ3n) is 3.36. The van der Waals surface area contributed by atoms with Gasteiger partial charge in [0.05, 0.1) is 0 Å². The highest BCUT2D eigenvalue weighted by Crippen LogP contribution is 2.11. The number of alkyl halides is 1. The zero-order valence-electron chi connectivity index (χ0n) is 14.7. The summed E-state index contributed by atoms with van der Waals surface area (Å²) >= 11 is 5.82. The van der Waals surface area contributed by atoms with Gasteiger partial charge < -0.3 is 10.1 Å². The number of aryl methyl sites for hydroxylation is 1. The highest BCUT2D eigenvalue weighted by molar-refractivity contribution is 6.17. The third-order valence-corrected chi connectivity index (χ3v) is 3.63. The third kappa shape index (κ3) is 8.82. The minimum atomic E-state index is -0.469. The van der Waals surface area contributed by atoms with Gasteiger partial charge in [-0.25, -0.2) is 4.79 Å². The monoisotopic (exact) mass is 340 g/mol. The first-order valence-electron chi connectivity index (χ1n) is 8.11. The van der Waals surface area contributed by atoms with E-state index in [1.165, 1.54) is 11.1 Å². The number of nitrogens with one attached hydrogen (secondary N) is 1. The Labute approximate surface area is 145 Å². The van der Waals surface area contributed by atoms with E-state index in [0.717, 1.165) is 26.1 Å². The van der Waals surface area contributed by atoms with E-state index in [4.69, 9.17) is 16.3 Å². The number of carbonyl (C=O) groups excluding carboxylic acids is 1. The molecular formula is C18H29ClN2O2. The molecule has 0 bridgehead atoms. The molecule has 0 radical (unpaired) electrons. The average Bonchev–Trinajstić information content (AvgIpc) is 2.45. The number of amides is 1. The van der Waals surface area contributed by atoms with Gasteiger partial charge in [-0.3, -0.25) is 4.90 Å². The maximum absolute atomic E-state index is 11.7. The second-order valence-corrected chi connectivity index (χ2v) is 7.05. The van der Waals surface area contributed by atoms with Gasteiger partial charge in [0.25, 0.3) is 0 Å². The number of rotatable bonds is 8. The molecule has 0 atom stereocenters. The van der Waals surface area contributed by atoms with Crippen LogP contribution in [0.1, 0.15) is 38.3 Å². The molecule has 4 nitrogen and oxygen atoms in total. The van der Waals surface area contributed by atoms with Crippen molar-refractivity contribution in [1.29, 1.82) is 0 Å². The summed E-state index contributed by atoms with van der Waals surface area (Å²) in [6.45, 7) is 10.8.